The third-order valence-corrected chi connectivity index (χ3v) is 6.19. The number of hydrazone groups is 2. The molecule has 1 aliphatic rings. The number of rotatable bonds is 6. The van der Waals surface area contributed by atoms with E-state index in [1.54, 1.807) is 30.5 Å². The van der Waals surface area contributed by atoms with Gasteiger partial charge in [0.05, 0.1) is 34.2 Å². The Morgan fingerprint density at radius 3 is 2.26 bits per heavy atom. The van der Waals surface area contributed by atoms with Crippen LogP contribution in [-0.4, -0.2) is 17.8 Å². The van der Waals surface area contributed by atoms with Gasteiger partial charge in [0.2, 0.25) is 0 Å². The zero-order valence-electron chi connectivity index (χ0n) is 18.9. The van der Waals surface area contributed by atoms with E-state index in [2.05, 4.69) is 51.9 Å². The van der Waals surface area contributed by atoms with Crippen LogP contribution in [0.1, 0.15) is 39.5 Å². The summed E-state index contributed by atoms with van der Waals surface area (Å²) in [5, 5.41) is 11.5. The van der Waals surface area contributed by atoms with Crippen molar-refractivity contribution in [3.8, 4) is 0 Å². The summed E-state index contributed by atoms with van der Waals surface area (Å²) in [6.07, 6.45) is 2.43. The van der Waals surface area contributed by atoms with Gasteiger partial charge in [0.25, 0.3) is 5.91 Å². The molecule has 0 aliphatic carbocycles. The highest BCUT2D eigenvalue weighted by Crippen LogP contribution is 2.36. The van der Waals surface area contributed by atoms with Crippen LogP contribution >= 0.6 is 11.6 Å². The van der Waals surface area contributed by atoms with Crippen molar-refractivity contribution < 1.29 is 4.79 Å². The number of nitrogens with one attached hydrogen (secondary N) is 1. The lowest BCUT2D eigenvalue weighted by Crippen LogP contribution is -2.18. The maximum Gasteiger partial charge on any atom is 0.272 e. The van der Waals surface area contributed by atoms with E-state index in [1.165, 1.54) is 5.56 Å². The van der Waals surface area contributed by atoms with Crippen LogP contribution in [0.5, 0.6) is 0 Å². The Bertz CT molecular complexity index is 1370. The number of carbonyl (C=O) groups is 1. The second-order valence-electron chi connectivity index (χ2n) is 8.16. The lowest BCUT2D eigenvalue weighted by atomic mass is 9.98. The highest BCUT2D eigenvalue weighted by molar-refractivity contribution is 6.33. The quantitative estimate of drug-likeness (QED) is 0.255. The Balaban J connectivity index is 1.34. The molecule has 0 fully saturated rings. The van der Waals surface area contributed by atoms with E-state index in [0.29, 0.717) is 10.6 Å². The van der Waals surface area contributed by atoms with Gasteiger partial charge in [0.15, 0.2) is 0 Å². The van der Waals surface area contributed by atoms with E-state index < -0.39 is 0 Å². The summed E-state index contributed by atoms with van der Waals surface area (Å²) in [6.45, 7) is 0. The fraction of sp³-hybridized carbons (Fsp3) is 0.0690. The Morgan fingerprint density at radius 1 is 0.886 bits per heavy atom. The number of amides is 1. The van der Waals surface area contributed by atoms with Crippen molar-refractivity contribution >= 4 is 35.1 Å². The van der Waals surface area contributed by atoms with E-state index in [4.69, 9.17) is 16.7 Å². The molecule has 1 N–H and O–H groups in total. The van der Waals surface area contributed by atoms with E-state index in [1.807, 2.05) is 48.5 Å². The summed E-state index contributed by atoms with van der Waals surface area (Å²) in [7, 11) is 0. The SMILES string of the molecule is O=C(N/N=C/c1ccc(N2N=C(c3ccccc3)CC2c2ccccc2)cc1)c1ccccc1Cl. The molecule has 0 saturated heterocycles. The minimum atomic E-state index is -0.353. The highest BCUT2D eigenvalue weighted by atomic mass is 35.5. The number of hydrogen-bond donors (Lipinski definition) is 1. The van der Waals surface area contributed by atoms with Crippen LogP contribution in [0, 0.1) is 0 Å². The molecule has 172 valence electrons. The van der Waals surface area contributed by atoms with Crippen molar-refractivity contribution in [3.63, 3.8) is 0 Å². The molecule has 1 aliphatic heterocycles. The first-order valence-corrected chi connectivity index (χ1v) is 11.7. The van der Waals surface area contributed by atoms with Gasteiger partial charge >= 0.3 is 0 Å². The fourth-order valence-electron chi connectivity index (χ4n) is 4.07. The molecule has 0 radical (unpaired) electrons. The average Bonchev–Trinajstić information content (AvgIpc) is 3.36. The summed E-state index contributed by atoms with van der Waals surface area (Å²) in [4.78, 5) is 12.3. The van der Waals surface area contributed by atoms with Gasteiger partial charge in [-0.2, -0.15) is 10.2 Å². The molecule has 1 amide bonds. The summed E-state index contributed by atoms with van der Waals surface area (Å²) in [5.41, 5.74) is 8.17. The number of hydrogen-bond acceptors (Lipinski definition) is 4. The van der Waals surface area contributed by atoms with Crippen molar-refractivity contribution in [2.75, 3.05) is 5.01 Å². The molecule has 4 aromatic rings. The van der Waals surface area contributed by atoms with E-state index >= 15 is 0 Å². The molecular formula is C29H23ClN4O. The molecule has 0 bridgehead atoms. The minimum Gasteiger partial charge on any atom is -0.267 e. The third-order valence-electron chi connectivity index (χ3n) is 5.86. The molecule has 1 unspecified atom stereocenters. The van der Waals surface area contributed by atoms with Gasteiger partial charge in [-0.1, -0.05) is 96.5 Å². The number of nitrogens with zero attached hydrogens (tertiary/aromatic N) is 3. The van der Waals surface area contributed by atoms with Gasteiger partial charge in [0.1, 0.15) is 0 Å². The fourth-order valence-corrected chi connectivity index (χ4v) is 4.29. The summed E-state index contributed by atoms with van der Waals surface area (Å²) in [5.74, 6) is -0.353. The monoisotopic (exact) mass is 478 g/mol. The van der Waals surface area contributed by atoms with Crippen LogP contribution in [0.2, 0.25) is 5.02 Å². The number of halogens is 1. The van der Waals surface area contributed by atoms with Gasteiger partial charge < -0.3 is 0 Å². The third kappa shape index (κ3) is 5.15. The number of carbonyl (C=O) groups excluding carboxylic acids is 1. The van der Waals surface area contributed by atoms with E-state index in [9.17, 15) is 4.79 Å². The van der Waals surface area contributed by atoms with Crippen LogP contribution in [0.15, 0.2) is 119 Å². The Hall–Kier alpha value is -4.22. The lowest BCUT2D eigenvalue weighted by molar-refractivity contribution is 0.0955. The molecule has 5 nitrogen and oxygen atoms in total. The Kier molecular flexibility index (Phi) is 6.68. The largest absolute Gasteiger partial charge is 0.272 e. The molecule has 0 spiro atoms. The zero-order valence-corrected chi connectivity index (χ0v) is 19.6. The molecular weight excluding hydrogens is 456 g/mol. The van der Waals surface area contributed by atoms with Crippen molar-refractivity contribution in [2.45, 2.75) is 12.5 Å². The average molecular weight is 479 g/mol. The predicted octanol–water partition coefficient (Wildman–Crippen LogP) is 6.46. The Morgan fingerprint density at radius 2 is 1.54 bits per heavy atom. The van der Waals surface area contributed by atoms with Crippen LogP contribution in [0.3, 0.4) is 0 Å². The topological polar surface area (TPSA) is 57.1 Å². The summed E-state index contributed by atoms with van der Waals surface area (Å²) < 4.78 is 0. The summed E-state index contributed by atoms with van der Waals surface area (Å²) >= 11 is 6.07. The minimum absolute atomic E-state index is 0.112. The van der Waals surface area contributed by atoms with Crippen molar-refractivity contribution in [1.82, 2.24) is 5.43 Å². The predicted molar refractivity (Wildman–Crippen MR) is 142 cm³/mol. The van der Waals surface area contributed by atoms with Crippen LogP contribution < -0.4 is 10.4 Å². The van der Waals surface area contributed by atoms with E-state index in [0.717, 1.165) is 28.9 Å². The zero-order chi connectivity index (χ0) is 24.0. The first-order chi connectivity index (χ1) is 17.2. The second kappa shape index (κ2) is 10.4. The number of benzene rings is 4. The molecule has 1 heterocycles. The van der Waals surface area contributed by atoms with Crippen molar-refractivity contribution in [2.24, 2.45) is 10.2 Å². The maximum atomic E-state index is 12.3. The molecule has 5 rings (SSSR count). The van der Waals surface area contributed by atoms with Crippen LogP contribution in [0.4, 0.5) is 5.69 Å². The molecule has 6 heteroatoms. The first kappa shape index (κ1) is 22.6. The molecule has 1 atom stereocenters. The molecule has 4 aromatic carbocycles. The van der Waals surface area contributed by atoms with Crippen LogP contribution in [0.25, 0.3) is 0 Å². The second-order valence-corrected chi connectivity index (χ2v) is 8.57. The maximum absolute atomic E-state index is 12.3. The molecule has 35 heavy (non-hydrogen) atoms. The normalized spacial score (nSPS) is 15.3. The van der Waals surface area contributed by atoms with Gasteiger partial charge in [-0.25, -0.2) is 5.43 Å². The summed E-state index contributed by atoms with van der Waals surface area (Å²) in [6, 6.07) is 35.7. The van der Waals surface area contributed by atoms with Gasteiger partial charge in [-0.15, -0.1) is 0 Å². The molecule has 0 aromatic heterocycles. The highest BCUT2D eigenvalue weighted by Gasteiger charge is 2.29. The smallest absolute Gasteiger partial charge is 0.267 e. The standard InChI is InChI=1S/C29H23ClN4O/c30-26-14-8-7-13-25(26)29(35)32-31-20-21-15-17-24(18-16-21)34-28(23-11-5-2-6-12-23)19-27(33-34)22-9-3-1-4-10-22/h1-18,20,28H,19H2,(H,32,35)/b31-20+. The lowest BCUT2D eigenvalue weighted by Gasteiger charge is -2.24. The van der Waals surface area contributed by atoms with E-state index in [-0.39, 0.29) is 11.9 Å². The van der Waals surface area contributed by atoms with Gasteiger partial charge in [-0.3, -0.25) is 9.80 Å². The van der Waals surface area contributed by atoms with Crippen LogP contribution in [-0.2, 0) is 0 Å². The van der Waals surface area contributed by atoms with Crippen molar-refractivity contribution in [1.29, 1.82) is 0 Å². The Labute approximate surface area is 209 Å². The van der Waals surface area contributed by atoms with Gasteiger partial charge in [0, 0.05) is 6.42 Å². The van der Waals surface area contributed by atoms with Gasteiger partial charge in [-0.05, 0) is 41.0 Å². The van der Waals surface area contributed by atoms with Crippen molar-refractivity contribution in [3.05, 3.63) is 136 Å². The first-order valence-electron chi connectivity index (χ1n) is 11.3. The molecule has 0 saturated carbocycles. The number of anilines is 1.